The minimum absolute atomic E-state index is 0.0637. The number of amides is 1. The summed E-state index contributed by atoms with van der Waals surface area (Å²) in [5.74, 6) is 0.0637. The summed E-state index contributed by atoms with van der Waals surface area (Å²) < 4.78 is 0. The van der Waals surface area contributed by atoms with Crippen molar-refractivity contribution >= 4 is 11.6 Å². The molecule has 1 aliphatic rings. The smallest absolute Gasteiger partial charge is 0.245 e. The van der Waals surface area contributed by atoms with Gasteiger partial charge in [-0.2, -0.15) is 0 Å². The fourth-order valence-electron chi connectivity index (χ4n) is 2.58. The van der Waals surface area contributed by atoms with E-state index >= 15 is 0 Å². The van der Waals surface area contributed by atoms with E-state index in [4.69, 9.17) is 0 Å². The van der Waals surface area contributed by atoms with E-state index in [9.17, 15) is 4.79 Å². The fourth-order valence-corrected chi connectivity index (χ4v) is 2.58. The van der Waals surface area contributed by atoms with Crippen LogP contribution in [-0.4, -0.2) is 36.1 Å². The lowest BCUT2D eigenvalue weighted by Gasteiger charge is -2.42. The minimum Gasteiger partial charge on any atom is -0.354 e. The van der Waals surface area contributed by atoms with Crippen LogP contribution in [0.5, 0.6) is 0 Å². The van der Waals surface area contributed by atoms with Gasteiger partial charge in [0.1, 0.15) is 5.54 Å². The molecule has 1 saturated heterocycles. The molecule has 0 aromatic carbocycles. The van der Waals surface area contributed by atoms with E-state index in [0.717, 1.165) is 24.5 Å². The summed E-state index contributed by atoms with van der Waals surface area (Å²) in [5, 5.41) is 6.25. The van der Waals surface area contributed by atoms with Gasteiger partial charge in [-0.1, -0.05) is 6.92 Å². The van der Waals surface area contributed by atoms with E-state index in [-0.39, 0.29) is 11.9 Å². The molecule has 1 aromatic rings. The van der Waals surface area contributed by atoms with Crippen LogP contribution in [0.1, 0.15) is 39.4 Å². The molecule has 20 heavy (non-hydrogen) atoms. The van der Waals surface area contributed by atoms with E-state index in [1.807, 2.05) is 26.1 Å². The van der Waals surface area contributed by atoms with Crippen molar-refractivity contribution < 1.29 is 4.79 Å². The molecule has 2 rings (SSSR count). The first-order valence-corrected chi connectivity index (χ1v) is 7.22. The normalized spacial score (nSPS) is 19.6. The van der Waals surface area contributed by atoms with Crippen molar-refractivity contribution in [3.63, 3.8) is 0 Å². The highest BCUT2D eigenvalue weighted by Crippen LogP contribution is 2.26. The molecule has 2 N–H and O–H groups in total. The molecule has 0 spiro atoms. The van der Waals surface area contributed by atoms with Crippen LogP contribution < -0.4 is 15.5 Å². The number of piperazine rings is 1. The molecule has 2 heterocycles. The maximum absolute atomic E-state index is 12.0. The molecule has 0 saturated carbocycles. The number of nitrogens with one attached hydrogen (secondary N) is 2. The van der Waals surface area contributed by atoms with Crippen LogP contribution >= 0.6 is 0 Å². The standard InChI is InChI=1S/C15H24N4O/c1-5-16-11(2)13-7-6-12(10-18-13)19-9-8-17-14(20)15(19,3)4/h6-7,10-11,16H,5,8-9H2,1-4H3,(H,17,20). The van der Waals surface area contributed by atoms with Crippen LogP contribution in [0.2, 0.25) is 0 Å². The molecular weight excluding hydrogens is 252 g/mol. The van der Waals surface area contributed by atoms with Crippen LogP contribution in [-0.2, 0) is 4.79 Å². The molecule has 1 unspecified atom stereocenters. The van der Waals surface area contributed by atoms with Gasteiger partial charge in [-0.25, -0.2) is 0 Å². The SMILES string of the molecule is CCNC(C)c1ccc(N2CCNC(=O)C2(C)C)cn1. The van der Waals surface area contributed by atoms with Crippen molar-refractivity contribution in [1.29, 1.82) is 0 Å². The molecule has 1 amide bonds. The average molecular weight is 276 g/mol. The molecule has 0 radical (unpaired) electrons. The number of rotatable bonds is 4. The highest BCUT2D eigenvalue weighted by atomic mass is 16.2. The topological polar surface area (TPSA) is 57.3 Å². The van der Waals surface area contributed by atoms with Crippen LogP contribution in [0.15, 0.2) is 18.3 Å². The summed E-state index contributed by atoms with van der Waals surface area (Å²) >= 11 is 0. The maximum atomic E-state index is 12.0. The lowest BCUT2D eigenvalue weighted by molar-refractivity contribution is -0.126. The Morgan fingerprint density at radius 1 is 1.50 bits per heavy atom. The van der Waals surface area contributed by atoms with Gasteiger partial charge in [0.2, 0.25) is 5.91 Å². The lowest BCUT2D eigenvalue weighted by atomic mass is 9.98. The Balaban J connectivity index is 2.19. The molecule has 1 fully saturated rings. The molecular formula is C15H24N4O. The molecule has 1 atom stereocenters. The Hall–Kier alpha value is -1.62. The van der Waals surface area contributed by atoms with Crippen molar-refractivity contribution in [2.45, 2.75) is 39.3 Å². The van der Waals surface area contributed by atoms with Gasteiger partial charge < -0.3 is 15.5 Å². The monoisotopic (exact) mass is 276 g/mol. The van der Waals surface area contributed by atoms with Crippen molar-refractivity contribution in [1.82, 2.24) is 15.6 Å². The Morgan fingerprint density at radius 3 is 2.85 bits per heavy atom. The summed E-state index contributed by atoms with van der Waals surface area (Å²) in [7, 11) is 0. The molecule has 1 aliphatic heterocycles. The molecule has 110 valence electrons. The van der Waals surface area contributed by atoms with Crippen LogP contribution in [0.3, 0.4) is 0 Å². The van der Waals surface area contributed by atoms with E-state index in [0.29, 0.717) is 6.54 Å². The van der Waals surface area contributed by atoms with Gasteiger partial charge in [0.15, 0.2) is 0 Å². The zero-order valence-corrected chi connectivity index (χ0v) is 12.7. The van der Waals surface area contributed by atoms with Gasteiger partial charge >= 0.3 is 0 Å². The Morgan fingerprint density at radius 2 is 2.25 bits per heavy atom. The van der Waals surface area contributed by atoms with E-state index < -0.39 is 5.54 Å². The summed E-state index contributed by atoms with van der Waals surface area (Å²) in [4.78, 5) is 18.6. The number of carbonyl (C=O) groups excluding carboxylic acids is 1. The lowest BCUT2D eigenvalue weighted by Crippen LogP contribution is -2.62. The first-order chi connectivity index (χ1) is 9.46. The Kier molecular flexibility index (Phi) is 4.28. The highest BCUT2D eigenvalue weighted by Gasteiger charge is 2.37. The van der Waals surface area contributed by atoms with Gasteiger partial charge in [-0.3, -0.25) is 9.78 Å². The van der Waals surface area contributed by atoms with E-state index in [2.05, 4.69) is 40.4 Å². The number of nitrogens with zero attached hydrogens (tertiary/aromatic N) is 2. The minimum atomic E-state index is -0.533. The molecule has 0 aliphatic carbocycles. The van der Waals surface area contributed by atoms with Crippen molar-refractivity contribution in [3.05, 3.63) is 24.0 Å². The predicted octanol–water partition coefficient (Wildman–Crippen LogP) is 1.47. The van der Waals surface area contributed by atoms with Gasteiger partial charge in [-0.15, -0.1) is 0 Å². The summed E-state index contributed by atoms with van der Waals surface area (Å²) in [6.45, 7) is 10.5. The van der Waals surface area contributed by atoms with Crippen LogP contribution in [0.25, 0.3) is 0 Å². The maximum Gasteiger partial charge on any atom is 0.245 e. The third kappa shape index (κ3) is 2.77. The number of hydrogen-bond donors (Lipinski definition) is 2. The Bertz CT molecular complexity index is 469. The number of carbonyl (C=O) groups is 1. The number of hydrogen-bond acceptors (Lipinski definition) is 4. The van der Waals surface area contributed by atoms with Gasteiger partial charge in [-0.05, 0) is 39.4 Å². The van der Waals surface area contributed by atoms with E-state index in [1.54, 1.807) is 0 Å². The van der Waals surface area contributed by atoms with Crippen LogP contribution in [0.4, 0.5) is 5.69 Å². The fraction of sp³-hybridized carbons (Fsp3) is 0.600. The van der Waals surface area contributed by atoms with E-state index in [1.165, 1.54) is 0 Å². The molecule has 5 heteroatoms. The van der Waals surface area contributed by atoms with Crippen molar-refractivity contribution in [3.8, 4) is 0 Å². The quantitative estimate of drug-likeness (QED) is 0.874. The van der Waals surface area contributed by atoms with Crippen molar-refractivity contribution in [2.24, 2.45) is 0 Å². The third-order valence-corrected chi connectivity index (χ3v) is 3.89. The van der Waals surface area contributed by atoms with Gasteiger partial charge in [0.05, 0.1) is 17.6 Å². The summed E-state index contributed by atoms with van der Waals surface area (Å²) in [6.07, 6.45) is 1.86. The van der Waals surface area contributed by atoms with Crippen LogP contribution in [0, 0.1) is 0 Å². The third-order valence-electron chi connectivity index (χ3n) is 3.89. The predicted molar refractivity (Wildman–Crippen MR) is 80.8 cm³/mol. The molecule has 1 aromatic heterocycles. The Labute approximate surface area is 120 Å². The zero-order valence-electron chi connectivity index (χ0n) is 12.7. The molecule has 5 nitrogen and oxygen atoms in total. The highest BCUT2D eigenvalue weighted by molar-refractivity contribution is 5.90. The zero-order chi connectivity index (χ0) is 14.8. The number of aromatic nitrogens is 1. The summed E-state index contributed by atoms with van der Waals surface area (Å²) in [6, 6.07) is 4.33. The first kappa shape index (κ1) is 14.8. The van der Waals surface area contributed by atoms with Crippen molar-refractivity contribution in [2.75, 3.05) is 24.5 Å². The average Bonchev–Trinajstić information content (AvgIpc) is 2.42. The van der Waals surface area contributed by atoms with Gasteiger partial charge in [0.25, 0.3) is 0 Å². The first-order valence-electron chi connectivity index (χ1n) is 7.22. The second kappa shape index (κ2) is 5.79. The summed E-state index contributed by atoms with van der Waals surface area (Å²) in [5.41, 5.74) is 1.49. The second-order valence-corrected chi connectivity index (χ2v) is 5.69. The van der Waals surface area contributed by atoms with Gasteiger partial charge in [0, 0.05) is 19.1 Å². The number of anilines is 1. The number of pyridine rings is 1. The molecule has 0 bridgehead atoms. The second-order valence-electron chi connectivity index (χ2n) is 5.69. The largest absolute Gasteiger partial charge is 0.354 e.